The van der Waals surface area contributed by atoms with Crippen molar-refractivity contribution in [2.75, 3.05) is 11.5 Å². The number of fused-ring (bicyclic) bond motifs is 1. The molecule has 1 aliphatic heterocycles. The maximum Gasteiger partial charge on any atom is 0.265 e. The lowest BCUT2D eigenvalue weighted by molar-refractivity contribution is -0.121. The number of rotatable bonds is 7. The van der Waals surface area contributed by atoms with Crippen LogP contribution in [0.2, 0.25) is 0 Å². The molecule has 3 heterocycles. The minimum absolute atomic E-state index is 0.00446. The molecule has 1 amide bonds. The van der Waals surface area contributed by atoms with Gasteiger partial charge in [0.2, 0.25) is 15.9 Å². The van der Waals surface area contributed by atoms with E-state index in [0.717, 1.165) is 0 Å². The van der Waals surface area contributed by atoms with Gasteiger partial charge in [-0.3, -0.25) is 9.69 Å². The van der Waals surface area contributed by atoms with Crippen LogP contribution in [0.15, 0.2) is 44.2 Å². The SMILES string of the molecule is CCc1nc(CN2C(=O)COc3ccc(S(=O)(=O)NCc4ccc(C)o4)cc32)no1. The highest BCUT2D eigenvalue weighted by Crippen LogP contribution is 2.35. The number of amides is 1. The molecule has 10 nitrogen and oxygen atoms in total. The predicted octanol–water partition coefficient (Wildman–Crippen LogP) is 1.94. The van der Waals surface area contributed by atoms with Gasteiger partial charge in [0, 0.05) is 6.42 Å². The van der Waals surface area contributed by atoms with E-state index in [0.29, 0.717) is 41.1 Å². The average Bonchev–Trinajstić information content (AvgIpc) is 3.37. The topological polar surface area (TPSA) is 128 Å². The first-order valence-corrected chi connectivity index (χ1v) is 10.8. The molecular formula is C19H20N4O6S. The second-order valence-electron chi connectivity index (χ2n) is 6.69. The van der Waals surface area contributed by atoms with Crippen molar-refractivity contribution in [1.29, 1.82) is 0 Å². The van der Waals surface area contributed by atoms with E-state index in [4.69, 9.17) is 13.7 Å². The number of carbonyl (C=O) groups is 1. The standard InChI is InChI=1S/C19H20N4O6S/c1-3-18-21-17(22-29-18)10-23-15-8-14(6-7-16(15)27-11-19(23)24)30(25,26)20-9-13-5-4-12(2)28-13/h4-8,20H,3,9-11H2,1-2H3. The van der Waals surface area contributed by atoms with Crippen LogP contribution in [0, 0.1) is 6.92 Å². The quantitative estimate of drug-likeness (QED) is 0.600. The van der Waals surface area contributed by atoms with Gasteiger partial charge in [-0.2, -0.15) is 4.98 Å². The van der Waals surface area contributed by atoms with Crippen LogP contribution in [0.25, 0.3) is 0 Å². The Morgan fingerprint density at radius 1 is 1.23 bits per heavy atom. The van der Waals surface area contributed by atoms with E-state index >= 15 is 0 Å². The van der Waals surface area contributed by atoms with Crippen LogP contribution in [0.1, 0.15) is 30.2 Å². The summed E-state index contributed by atoms with van der Waals surface area (Å²) in [6, 6.07) is 7.79. The zero-order chi connectivity index (χ0) is 21.3. The Balaban J connectivity index is 1.59. The Labute approximate surface area is 172 Å². The van der Waals surface area contributed by atoms with E-state index in [1.165, 1.54) is 23.1 Å². The molecule has 1 N–H and O–H groups in total. The summed E-state index contributed by atoms with van der Waals surface area (Å²) in [5, 5.41) is 3.86. The Morgan fingerprint density at radius 2 is 2.07 bits per heavy atom. The highest BCUT2D eigenvalue weighted by molar-refractivity contribution is 7.89. The van der Waals surface area contributed by atoms with Crippen LogP contribution in [-0.2, 0) is 34.3 Å². The lowest BCUT2D eigenvalue weighted by Gasteiger charge is -2.28. The molecule has 1 aliphatic rings. The van der Waals surface area contributed by atoms with E-state index in [-0.39, 0.29) is 30.5 Å². The van der Waals surface area contributed by atoms with Crippen molar-refractivity contribution in [3.05, 3.63) is 53.6 Å². The van der Waals surface area contributed by atoms with Crippen LogP contribution in [0.5, 0.6) is 5.75 Å². The number of carbonyl (C=O) groups excluding carboxylic acids is 1. The van der Waals surface area contributed by atoms with Crippen LogP contribution < -0.4 is 14.4 Å². The number of aryl methyl sites for hydroxylation is 2. The first-order chi connectivity index (χ1) is 14.4. The largest absolute Gasteiger partial charge is 0.482 e. The zero-order valence-electron chi connectivity index (χ0n) is 16.4. The van der Waals surface area contributed by atoms with Crippen molar-refractivity contribution in [2.24, 2.45) is 0 Å². The van der Waals surface area contributed by atoms with Gasteiger partial charge in [-0.25, -0.2) is 13.1 Å². The van der Waals surface area contributed by atoms with E-state index in [1.807, 2.05) is 6.92 Å². The van der Waals surface area contributed by atoms with Gasteiger partial charge < -0.3 is 13.7 Å². The highest BCUT2D eigenvalue weighted by Gasteiger charge is 2.29. The van der Waals surface area contributed by atoms with E-state index < -0.39 is 10.0 Å². The Morgan fingerprint density at radius 3 is 2.77 bits per heavy atom. The molecule has 3 aromatic rings. The molecule has 0 atom stereocenters. The lowest BCUT2D eigenvalue weighted by Crippen LogP contribution is -2.38. The molecule has 0 aliphatic carbocycles. The number of sulfonamides is 1. The maximum atomic E-state index is 12.8. The van der Waals surface area contributed by atoms with Gasteiger partial charge in [0.1, 0.15) is 17.3 Å². The summed E-state index contributed by atoms with van der Waals surface area (Å²) < 4.78 is 43.9. The Kier molecular flexibility index (Phi) is 5.31. The fraction of sp³-hybridized carbons (Fsp3) is 0.316. The van der Waals surface area contributed by atoms with Crippen molar-refractivity contribution in [3.63, 3.8) is 0 Å². The van der Waals surface area contributed by atoms with Crippen molar-refractivity contribution in [2.45, 2.75) is 38.3 Å². The second kappa shape index (κ2) is 7.92. The van der Waals surface area contributed by atoms with Crippen molar-refractivity contribution < 1.29 is 26.9 Å². The van der Waals surface area contributed by atoms with Crippen LogP contribution in [0.4, 0.5) is 5.69 Å². The fourth-order valence-electron chi connectivity index (χ4n) is 2.99. The molecular weight excluding hydrogens is 412 g/mol. The van der Waals surface area contributed by atoms with Gasteiger partial charge in [-0.15, -0.1) is 0 Å². The molecule has 0 bridgehead atoms. The summed E-state index contributed by atoms with van der Waals surface area (Å²) in [5.74, 6) is 2.04. The van der Waals surface area contributed by atoms with Gasteiger partial charge >= 0.3 is 0 Å². The smallest absolute Gasteiger partial charge is 0.265 e. The molecule has 2 aromatic heterocycles. The van der Waals surface area contributed by atoms with E-state index in [1.54, 1.807) is 19.1 Å². The number of hydrogen-bond donors (Lipinski definition) is 1. The molecule has 0 radical (unpaired) electrons. The third-order valence-corrected chi connectivity index (χ3v) is 5.93. The van der Waals surface area contributed by atoms with Gasteiger partial charge in [-0.1, -0.05) is 12.1 Å². The third-order valence-electron chi connectivity index (χ3n) is 4.53. The highest BCUT2D eigenvalue weighted by atomic mass is 32.2. The summed E-state index contributed by atoms with van der Waals surface area (Å²) in [7, 11) is -3.85. The second-order valence-corrected chi connectivity index (χ2v) is 8.46. The normalized spacial score (nSPS) is 13.9. The number of anilines is 1. The summed E-state index contributed by atoms with van der Waals surface area (Å²) in [4.78, 5) is 18.0. The number of furan rings is 1. The first kappa shape index (κ1) is 20.1. The monoisotopic (exact) mass is 432 g/mol. The van der Waals surface area contributed by atoms with Crippen molar-refractivity contribution >= 4 is 21.6 Å². The molecule has 1 aromatic carbocycles. The number of ether oxygens (including phenoxy) is 1. The molecule has 0 spiro atoms. The van der Waals surface area contributed by atoms with Gasteiger partial charge in [-0.05, 0) is 37.3 Å². The van der Waals surface area contributed by atoms with Gasteiger partial charge in [0.05, 0.1) is 23.7 Å². The number of nitrogens with one attached hydrogen (secondary N) is 1. The lowest BCUT2D eigenvalue weighted by atomic mass is 10.2. The summed E-state index contributed by atoms with van der Waals surface area (Å²) in [6.45, 7) is 3.55. The first-order valence-electron chi connectivity index (χ1n) is 9.29. The van der Waals surface area contributed by atoms with Gasteiger partial charge in [0.25, 0.3) is 5.91 Å². The summed E-state index contributed by atoms with van der Waals surface area (Å²) in [6.07, 6.45) is 0.573. The van der Waals surface area contributed by atoms with Crippen LogP contribution in [-0.4, -0.2) is 31.1 Å². The molecule has 11 heteroatoms. The fourth-order valence-corrected chi connectivity index (χ4v) is 4.00. The minimum Gasteiger partial charge on any atom is -0.482 e. The Hall–Kier alpha value is -3.18. The maximum absolute atomic E-state index is 12.8. The molecule has 4 rings (SSSR count). The number of benzene rings is 1. The summed E-state index contributed by atoms with van der Waals surface area (Å²) >= 11 is 0. The minimum atomic E-state index is -3.85. The van der Waals surface area contributed by atoms with Crippen molar-refractivity contribution in [1.82, 2.24) is 14.9 Å². The number of aromatic nitrogens is 2. The van der Waals surface area contributed by atoms with Crippen LogP contribution in [0.3, 0.4) is 0 Å². The molecule has 0 unspecified atom stereocenters. The molecule has 30 heavy (non-hydrogen) atoms. The number of nitrogens with zero attached hydrogens (tertiary/aromatic N) is 3. The molecule has 158 valence electrons. The van der Waals surface area contributed by atoms with Crippen molar-refractivity contribution in [3.8, 4) is 5.75 Å². The number of hydrogen-bond acceptors (Lipinski definition) is 8. The molecule has 0 fully saturated rings. The van der Waals surface area contributed by atoms with E-state index in [2.05, 4.69) is 14.9 Å². The van der Waals surface area contributed by atoms with Gasteiger partial charge in [0.15, 0.2) is 12.4 Å². The molecule has 0 saturated heterocycles. The predicted molar refractivity (Wildman–Crippen MR) is 104 cm³/mol. The zero-order valence-corrected chi connectivity index (χ0v) is 17.2. The Bertz CT molecular complexity index is 1180. The molecule has 0 saturated carbocycles. The van der Waals surface area contributed by atoms with E-state index in [9.17, 15) is 13.2 Å². The van der Waals surface area contributed by atoms with Crippen LogP contribution >= 0.6 is 0 Å². The third kappa shape index (κ3) is 4.07. The summed E-state index contributed by atoms with van der Waals surface area (Å²) in [5.41, 5.74) is 0.325. The average molecular weight is 432 g/mol.